The first-order valence-corrected chi connectivity index (χ1v) is 9.86. The van der Waals surface area contributed by atoms with Gasteiger partial charge in [-0.15, -0.1) is 0 Å². The third-order valence-electron chi connectivity index (χ3n) is 4.42. The Labute approximate surface area is 154 Å². The summed E-state index contributed by atoms with van der Waals surface area (Å²) < 4.78 is 13.1. The van der Waals surface area contributed by atoms with Crippen LogP contribution in [0.3, 0.4) is 0 Å². The van der Waals surface area contributed by atoms with E-state index in [1.54, 1.807) is 0 Å². The van der Waals surface area contributed by atoms with Gasteiger partial charge in [0, 0.05) is 5.56 Å². The lowest BCUT2D eigenvalue weighted by Crippen LogP contribution is -2.08. The van der Waals surface area contributed by atoms with E-state index in [2.05, 4.69) is 36.4 Å². The van der Waals surface area contributed by atoms with Crippen LogP contribution in [0.1, 0.15) is 0 Å². The molecular weight excluding hydrogens is 335 g/mol. The Bertz CT molecular complexity index is 1020. The van der Waals surface area contributed by atoms with Crippen LogP contribution in [0.4, 0.5) is 0 Å². The maximum absolute atomic E-state index is 13.1. The zero-order chi connectivity index (χ0) is 17.8. The molecule has 1 atom stereocenters. The second-order valence-corrected chi connectivity index (χ2v) is 7.68. The van der Waals surface area contributed by atoms with Gasteiger partial charge in [-0.2, -0.15) is 0 Å². The summed E-state index contributed by atoms with van der Waals surface area (Å²) in [6.45, 7) is 0. The van der Waals surface area contributed by atoms with Gasteiger partial charge in [-0.3, -0.25) is 0 Å². The van der Waals surface area contributed by atoms with Crippen molar-refractivity contribution in [1.29, 1.82) is 0 Å². The van der Waals surface area contributed by atoms with Gasteiger partial charge in [0.1, 0.15) is 0 Å². The molecule has 0 bridgehead atoms. The number of rotatable bonds is 4. The van der Waals surface area contributed by atoms with Gasteiger partial charge in [0.15, 0.2) is 5.30 Å². The van der Waals surface area contributed by atoms with E-state index in [0.29, 0.717) is 0 Å². The Morgan fingerprint density at radius 1 is 0.462 bits per heavy atom. The molecular formula is C24H18OP+. The Kier molecular flexibility index (Phi) is 4.73. The second-order valence-electron chi connectivity index (χ2n) is 6.09. The van der Waals surface area contributed by atoms with Crippen LogP contribution in [0.15, 0.2) is 109 Å². The molecule has 0 N–H and O–H groups in total. The first-order valence-electron chi connectivity index (χ1n) is 8.60. The predicted octanol–water partition coefficient (Wildman–Crippen LogP) is 5.80. The topological polar surface area (TPSA) is 17.1 Å². The first-order chi connectivity index (χ1) is 12.8. The van der Waals surface area contributed by atoms with Crippen molar-refractivity contribution in [1.82, 2.24) is 0 Å². The molecule has 0 aliphatic heterocycles. The van der Waals surface area contributed by atoms with Crippen LogP contribution in [0, 0.1) is 0 Å². The molecule has 4 rings (SSSR count). The normalized spacial score (nSPS) is 11.2. The van der Waals surface area contributed by atoms with Crippen molar-refractivity contribution in [2.75, 3.05) is 0 Å². The second kappa shape index (κ2) is 7.47. The molecule has 0 heterocycles. The highest BCUT2D eigenvalue weighted by Crippen LogP contribution is 2.29. The fourth-order valence-corrected chi connectivity index (χ4v) is 4.44. The lowest BCUT2D eigenvalue weighted by molar-refractivity contribution is 0.598. The van der Waals surface area contributed by atoms with Gasteiger partial charge >= 0.3 is 7.80 Å². The average molecular weight is 353 g/mol. The largest absolute Gasteiger partial charge is 0.415 e. The van der Waals surface area contributed by atoms with Crippen LogP contribution in [0.2, 0.25) is 0 Å². The standard InChI is InChI=1S/C24H18OP/c25-26(22-11-5-2-6-12-22)24-14-8-7-13-23(24)21-17-15-20(16-18-21)19-9-3-1-4-10-19/h1-18H/q+1. The van der Waals surface area contributed by atoms with Crippen molar-refractivity contribution < 1.29 is 4.57 Å². The number of hydrogen-bond acceptors (Lipinski definition) is 1. The molecule has 0 fully saturated rings. The van der Waals surface area contributed by atoms with Crippen LogP contribution in [0.5, 0.6) is 0 Å². The van der Waals surface area contributed by atoms with Crippen molar-refractivity contribution in [3.63, 3.8) is 0 Å². The monoisotopic (exact) mass is 353 g/mol. The minimum atomic E-state index is -1.62. The summed E-state index contributed by atoms with van der Waals surface area (Å²) in [6, 6.07) is 36.4. The van der Waals surface area contributed by atoms with E-state index in [1.807, 2.05) is 72.8 Å². The van der Waals surface area contributed by atoms with Crippen LogP contribution in [-0.4, -0.2) is 0 Å². The molecule has 0 aromatic heterocycles. The van der Waals surface area contributed by atoms with Crippen LogP contribution >= 0.6 is 7.80 Å². The van der Waals surface area contributed by atoms with E-state index in [1.165, 1.54) is 11.1 Å². The third-order valence-corrected chi connectivity index (χ3v) is 6.01. The van der Waals surface area contributed by atoms with Crippen molar-refractivity contribution in [2.24, 2.45) is 0 Å². The predicted molar refractivity (Wildman–Crippen MR) is 111 cm³/mol. The van der Waals surface area contributed by atoms with Crippen LogP contribution < -0.4 is 10.6 Å². The van der Waals surface area contributed by atoms with Crippen molar-refractivity contribution in [3.05, 3.63) is 109 Å². The maximum atomic E-state index is 13.1. The zero-order valence-electron chi connectivity index (χ0n) is 14.2. The van der Waals surface area contributed by atoms with E-state index in [-0.39, 0.29) is 0 Å². The first kappa shape index (κ1) is 16.4. The number of hydrogen-bond donors (Lipinski definition) is 0. The van der Waals surface area contributed by atoms with Gasteiger partial charge in [0.25, 0.3) is 0 Å². The van der Waals surface area contributed by atoms with Crippen LogP contribution in [-0.2, 0) is 4.57 Å². The van der Waals surface area contributed by atoms with E-state index in [0.717, 1.165) is 21.7 Å². The van der Waals surface area contributed by atoms with E-state index in [4.69, 9.17) is 0 Å². The lowest BCUT2D eigenvalue weighted by Gasteiger charge is -2.05. The molecule has 0 radical (unpaired) electrons. The molecule has 0 saturated carbocycles. The van der Waals surface area contributed by atoms with Gasteiger partial charge in [0.05, 0.1) is 0 Å². The number of benzene rings is 4. The summed E-state index contributed by atoms with van der Waals surface area (Å²) in [7, 11) is -1.62. The minimum Gasteiger partial charge on any atom is -0.0622 e. The fraction of sp³-hybridized carbons (Fsp3) is 0. The molecule has 2 heteroatoms. The van der Waals surface area contributed by atoms with Crippen LogP contribution in [0.25, 0.3) is 22.3 Å². The molecule has 0 aliphatic carbocycles. The summed E-state index contributed by atoms with van der Waals surface area (Å²) in [5, 5.41) is 1.73. The van der Waals surface area contributed by atoms with Crippen molar-refractivity contribution in [3.8, 4) is 22.3 Å². The molecule has 0 spiro atoms. The Hall–Kier alpha value is -3.02. The van der Waals surface area contributed by atoms with E-state index < -0.39 is 7.80 Å². The maximum Gasteiger partial charge on any atom is 0.415 e. The molecule has 124 valence electrons. The van der Waals surface area contributed by atoms with Gasteiger partial charge in [-0.25, -0.2) is 0 Å². The average Bonchev–Trinajstić information content (AvgIpc) is 2.75. The highest BCUT2D eigenvalue weighted by molar-refractivity contribution is 7.61. The minimum absolute atomic E-state index is 0.857. The molecule has 4 aromatic carbocycles. The highest BCUT2D eigenvalue weighted by Gasteiger charge is 2.26. The Morgan fingerprint density at radius 2 is 0.962 bits per heavy atom. The lowest BCUT2D eigenvalue weighted by atomic mass is 10.0. The summed E-state index contributed by atoms with van der Waals surface area (Å²) in [5.74, 6) is 0. The van der Waals surface area contributed by atoms with E-state index in [9.17, 15) is 4.57 Å². The van der Waals surface area contributed by atoms with E-state index >= 15 is 0 Å². The van der Waals surface area contributed by atoms with Gasteiger partial charge in [-0.1, -0.05) is 89.5 Å². The summed E-state index contributed by atoms with van der Waals surface area (Å²) in [4.78, 5) is 0. The molecule has 0 amide bonds. The highest BCUT2D eigenvalue weighted by atomic mass is 31.1. The quantitative estimate of drug-likeness (QED) is 0.424. The molecule has 1 unspecified atom stereocenters. The molecule has 26 heavy (non-hydrogen) atoms. The SMILES string of the molecule is O=[P+](c1ccccc1)c1ccccc1-c1ccc(-c2ccccc2)cc1. The Morgan fingerprint density at radius 3 is 1.65 bits per heavy atom. The molecule has 0 aliphatic rings. The smallest absolute Gasteiger partial charge is 0.0622 e. The molecule has 1 nitrogen and oxygen atoms in total. The van der Waals surface area contributed by atoms with Gasteiger partial charge in [0.2, 0.25) is 5.30 Å². The van der Waals surface area contributed by atoms with Crippen molar-refractivity contribution in [2.45, 2.75) is 0 Å². The third kappa shape index (κ3) is 3.35. The summed E-state index contributed by atoms with van der Waals surface area (Å²) in [5.41, 5.74) is 4.48. The fourth-order valence-electron chi connectivity index (χ4n) is 3.07. The summed E-state index contributed by atoms with van der Waals surface area (Å²) >= 11 is 0. The summed E-state index contributed by atoms with van der Waals surface area (Å²) in [6.07, 6.45) is 0. The van der Waals surface area contributed by atoms with Crippen molar-refractivity contribution >= 4 is 18.4 Å². The molecule has 0 saturated heterocycles. The van der Waals surface area contributed by atoms with Gasteiger partial charge in [-0.05, 0) is 41.0 Å². The Balaban J connectivity index is 1.72. The van der Waals surface area contributed by atoms with Gasteiger partial charge < -0.3 is 0 Å². The molecule has 4 aromatic rings. The zero-order valence-corrected chi connectivity index (χ0v) is 15.1.